The van der Waals surface area contributed by atoms with Crippen LogP contribution in [0.4, 0.5) is 5.69 Å². The van der Waals surface area contributed by atoms with Crippen LogP contribution in [0, 0.1) is 6.92 Å². The first kappa shape index (κ1) is 9.97. The Labute approximate surface area is 80.5 Å². The molecule has 1 aromatic carbocycles. The molecule has 0 fully saturated rings. The van der Waals surface area contributed by atoms with Gasteiger partial charge >= 0.3 is 0 Å². The van der Waals surface area contributed by atoms with E-state index >= 15 is 0 Å². The highest BCUT2D eigenvalue weighted by Gasteiger charge is 1.84. The molecule has 1 nitrogen and oxygen atoms in total. The van der Waals surface area contributed by atoms with Gasteiger partial charge in [-0.2, -0.15) is 0 Å². The lowest BCUT2D eigenvalue weighted by molar-refractivity contribution is 0.781. The van der Waals surface area contributed by atoms with Crippen molar-refractivity contribution in [3.8, 4) is 0 Å². The van der Waals surface area contributed by atoms with Gasteiger partial charge in [-0.25, -0.2) is 0 Å². The summed E-state index contributed by atoms with van der Waals surface area (Å²) in [5.74, 6) is 0. The summed E-state index contributed by atoms with van der Waals surface area (Å²) in [6.45, 7) is 3.80. The molecule has 0 aliphatic rings. The molecule has 1 heteroatoms. The number of hydrogen-bond acceptors (Lipinski definition) is 1. The van der Waals surface area contributed by atoms with E-state index in [9.17, 15) is 0 Å². The first-order chi connectivity index (χ1) is 6.43. The van der Waals surface area contributed by atoms with E-state index in [-0.39, 0.29) is 0 Å². The second kappa shape index (κ2) is 6.41. The van der Waals surface area contributed by atoms with E-state index in [2.05, 4.69) is 11.9 Å². The molecular weight excluding hydrogens is 158 g/mol. The lowest BCUT2D eigenvalue weighted by atomic mass is 10.2. The molecule has 0 bridgehead atoms. The minimum absolute atomic E-state index is 1.03. The summed E-state index contributed by atoms with van der Waals surface area (Å²) in [5, 5.41) is 0. The molecule has 0 heterocycles. The number of rotatable bonds is 5. The van der Waals surface area contributed by atoms with Crippen molar-refractivity contribution in [1.82, 2.24) is 0 Å². The standard InChI is InChI=1S/C12H16N/c1-2-3-4-8-11-13-12-9-6-5-7-10-12/h5-7,9-11H,1-4,8H2. The largest absolute Gasteiger partial charge is 0.261 e. The summed E-state index contributed by atoms with van der Waals surface area (Å²) in [6, 6.07) is 10.0. The lowest BCUT2D eigenvalue weighted by Crippen LogP contribution is -1.76. The molecule has 1 rings (SSSR count). The molecule has 0 saturated carbocycles. The number of benzene rings is 1. The fourth-order valence-electron chi connectivity index (χ4n) is 1.10. The van der Waals surface area contributed by atoms with E-state index in [4.69, 9.17) is 0 Å². The van der Waals surface area contributed by atoms with Gasteiger partial charge in [-0.1, -0.05) is 38.0 Å². The van der Waals surface area contributed by atoms with Crippen LogP contribution in [0.1, 0.15) is 25.7 Å². The number of para-hydroxylation sites is 1. The monoisotopic (exact) mass is 174 g/mol. The van der Waals surface area contributed by atoms with E-state index in [0.29, 0.717) is 0 Å². The van der Waals surface area contributed by atoms with E-state index in [1.165, 1.54) is 12.8 Å². The SMILES string of the molecule is [CH2]CCCCC=Nc1ccccc1. The van der Waals surface area contributed by atoms with Gasteiger partial charge < -0.3 is 0 Å². The molecule has 1 radical (unpaired) electrons. The predicted molar refractivity (Wildman–Crippen MR) is 58.4 cm³/mol. The molecular formula is C12H16N. The number of nitrogens with zero attached hydrogens (tertiary/aromatic N) is 1. The maximum absolute atomic E-state index is 4.33. The van der Waals surface area contributed by atoms with Crippen LogP contribution in [-0.2, 0) is 0 Å². The first-order valence-corrected chi connectivity index (χ1v) is 4.80. The molecule has 1 aromatic rings. The Bertz CT molecular complexity index is 239. The molecule has 0 aliphatic carbocycles. The highest BCUT2D eigenvalue weighted by Crippen LogP contribution is 2.09. The van der Waals surface area contributed by atoms with E-state index < -0.39 is 0 Å². The zero-order valence-corrected chi connectivity index (χ0v) is 7.95. The van der Waals surface area contributed by atoms with Crippen LogP contribution in [0.25, 0.3) is 0 Å². The molecule has 0 atom stereocenters. The van der Waals surface area contributed by atoms with Crippen molar-refractivity contribution >= 4 is 11.9 Å². The van der Waals surface area contributed by atoms with Gasteiger partial charge in [0.15, 0.2) is 0 Å². The van der Waals surface area contributed by atoms with Crippen LogP contribution in [-0.4, -0.2) is 6.21 Å². The minimum atomic E-state index is 1.03. The smallest absolute Gasteiger partial charge is 0.0625 e. The van der Waals surface area contributed by atoms with Crippen LogP contribution in [0.5, 0.6) is 0 Å². The van der Waals surface area contributed by atoms with E-state index in [1.54, 1.807) is 0 Å². The number of aliphatic imine (C=N–C) groups is 1. The molecule has 0 spiro atoms. The molecule has 0 aliphatic heterocycles. The van der Waals surface area contributed by atoms with Crippen molar-refractivity contribution in [2.24, 2.45) is 4.99 Å². The van der Waals surface area contributed by atoms with E-state index in [0.717, 1.165) is 18.5 Å². The summed E-state index contributed by atoms with van der Waals surface area (Å²) >= 11 is 0. The normalized spacial score (nSPS) is 10.8. The predicted octanol–water partition coefficient (Wildman–Crippen LogP) is 3.78. The number of unbranched alkanes of at least 4 members (excludes halogenated alkanes) is 3. The van der Waals surface area contributed by atoms with Gasteiger partial charge in [0.2, 0.25) is 0 Å². The number of hydrogen-bond donors (Lipinski definition) is 0. The van der Waals surface area contributed by atoms with Crippen LogP contribution < -0.4 is 0 Å². The molecule has 0 saturated heterocycles. The van der Waals surface area contributed by atoms with Crippen molar-refractivity contribution in [3.63, 3.8) is 0 Å². The lowest BCUT2D eigenvalue weighted by Gasteiger charge is -1.92. The van der Waals surface area contributed by atoms with Gasteiger partial charge in [-0.05, 0) is 25.0 Å². The third-order valence-electron chi connectivity index (χ3n) is 1.83. The maximum atomic E-state index is 4.33. The Morgan fingerprint density at radius 2 is 1.92 bits per heavy atom. The van der Waals surface area contributed by atoms with Gasteiger partial charge in [0.1, 0.15) is 0 Å². The summed E-state index contributed by atoms with van der Waals surface area (Å²) in [7, 11) is 0. The third kappa shape index (κ3) is 4.46. The molecule has 0 unspecified atom stereocenters. The van der Waals surface area contributed by atoms with Crippen molar-refractivity contribution < 1.29 is 0 Å². The molecule has 69 valence electrons. The Morgan fingerprint density at radius 3 is 2.62 bits per heavy atom. The van der Waals surface area contributed by atoms with Crippen molar-refractivity contribution in [2.45, 2.75) is 25.7 Å². The summed E-state index contributed by atoms with van der Waals surface area (Å²) in [5.41, 5.74) is 1.04. The third-order valence-corrected chi connectivity index (χ3v) is 1.83. The van der Waals surface area contributed by atoms with Crippen molar-refractivity contribution in [1.29, 1.82) is 0 Å². The topological polar surface area (TPSA) is 12.4 Å². The Morgan fingerprint density at radius 1 is 1.15 bits per heavy atom. The van der Waals surface area contributed by atoms with Crippen LogP contribution in [0.15, 0.2) is 35.3 Å². The van der Waals surface area contributed by atoms with Crippen molar-refractivity contribution in [3.05, 3.63) is 37.3 Å². The summed E-state index contributed by atoms with van der Waals surface area (Å²) in [4.78, 5) is 4.33. The fraction of sp³-hybridized carbons (Fsp3) is 0.333. The van der Waals surface area contributed by atoms with Crippen molar-refractivity contribution in [2.75, 3.05) is 0 Å². The Balaban J connectivity index is 2.25. The summed E-state index contributed by atoms with van der Waals surface area (Å²) in [6.07, 6.45) is 6.47. The Kier molecular flexibility index (Phi) is 4.92. The highest BCUT2D eigenvalue weighted by molar-refractivity contribution is 5.62. The minimum Gasteiger partial charge on any atom is -0.261 e. The molecule has 13 heavy (non-hydrogen) atoms. The quantitative estimate of drug-likeness (QED) is 0.476. The van der Waals surface area contributed by atoms with Crippen LogP contribution in [0.2, 0.25) is 0 Å². The molecule has 0 aromatic heterocycles. The average Bonchev–Trinajstić information content (AvgIpc) is 2.19. The van der Waals surface area contributed by atoms with Gasteiger partial charge in [0.05, 0.1) is 5.69 Å². The highest BCUT2D eigenvalue weighted by atomic mass is 14.7. The van der Waals surface area contributed by atoms with Gasteiger partial charge in [-0.3, -0.25) is 4.99 Å². The summed E-state index contributed by atoms with van der Waals surface area (Å²) < 4.78 is 0. The second-order valence-corrected chi connectivity index (χ2v) is 3.00. The average molecular weight is 174 g/mol. The second-order valence-electron chi connectivity index (χ2n) is 3.00. The molecule has 0 amide bonds. The fourth-order valence-corrected chi connectivity index (χ4v) is 1.10. The Hall–Kier alpha value is -1.11. The van der Waals surface area contributed by atoms with Gasteiger partial charge in [-0.15, -0.1) is 0 Å². The zero-order chi connectivity index (χ0) is 9.36. The van der Waals surface area contributed by atoms with E-state index in [1.807, 2.05) is 36.5 Å². The van der Waals surface area contributed by atoms with Crippen LogP contribution >= 0.6 is 0 Å². The van der Waals surface area contributed by atoms with Crippen LogP contribution in [0.3, 0.4) is 0 Å². The first-order valence-electron chi connectivity index (χ1n) is 4.80. The maximum Gasteiger partial charge on any atom is 0.0625 e. The molecule has 0 N–H and O–H groups in total. The van der Waals surface area contributed by atoms with Gasteiger partial charge in [0.25, 0.3) is 0 Å². The van der Waals surface area contributed by atoms with Gasteiger partial charge in [0, 0.05) is 6.21 Å². The zero-order valence-electron chi connectivity index (χ0n) is 7.95.